The zero-order valence-corrected chi connectivity index (χ0v) is 11.3. The second-order valence-corrected chi connectivity index (χ2v) is 6.05. The molecule has 2 aliphatic heterocycles. The molecule has 7 heteroatoms. The van der Waals surface area contributed by atoms with Crippen molar-refractivity contribution in [2.24, 2.45) is 0 Å². The van der Waals surface area contributed by atoms with E-state index in [1.54, 1.807) is 20.8 Å². The molecule has 0 radical (unpaired) electrons. The maximum atomic E-state index is 12.1. The SMILES string of the molecule is CC(C)(C)OC(=O)N1CC2(C[C@@H](OC(F)F)CO2)C1. The smallest absolute Gasteiger partial charge is 0.410 e. The van der Waals surface area contributed by atoms with Gasteiger partial charge in [0.25, 0.3) is 0 Å². The maximum Gasteiger partial charge on any atom is 0.410 e. The lowest BCUT2D eigenvalue weighted by Crippen LogP contribution is -2.63. The first kappa shape index (κ1) is 14.5. The van der Waals surface area contributed by atoms with Crippen LogP contribution < -0.4 is 0 Å². The van der Waals surface area contributed by atoms with Crippen LogP contribution in [0, 0.1) is 0 Å². The highest BCUT2D eigenvalue weighted by atomic mass is 19.3. The highest BCUT2D eigenvalue weighted by Gasteiger charge is 2.52. The Morgan fingerprint density at radius 2 is 2.05 bits per heavy atom. The van der Waals surface area contributed by atoms with Gasteiger partial charge in [0.05, 0.1) is 25.8 Å². The number of ether oxygens (including phenoxy) is 3. The van der Waals surface area contributed by atoms with E-state index in [1.165, 1.54) is 4.90 Å². The topological polar surface area (TPSA) is 48.0 Å². The van der Waals surface area contributed by atoms with Crippen LogP contribution in [-0.4, -0.2) is 54.6 Å². The van der Waals surface area contributed by atoms with Crippen molar-refractivity contribution in [2.45, 2.75) is 51.1 Å². The van der Waals surface area contributed by atoms with Crippen molar-refractivity contribution in [2.75, 3.05) is 19.7 Å². The number of halogens is 2. The molecule has 0 N–H and O–H groups in total. The third-order valence-electron chi connectivity index (χ3n) is 3.08. The number of hydrogen-bond donors (Lipinski definition) is 0. The Morgan fingerprint density at radius 1 is 1.42 bits per heavy atom. The fourth-order valence-electron chi connectivity index (χ4n) is 2.36. The van der Waals surface area contributed by atoms with Gasteiger partial charge in [-0.2, -0.15) is 8.78 Å². The molecular formula is C12H19F2NO4. The van der Waals surface area contributed by atoms with E-state index in [0.29, 0.717) is 19.5 Å². The Hall–Kier alpha value is -0.950. The van der Waals surface area contributed by atoms with Crippen LogP contribution in [0.15, 0.2) is 0 Å². The normalized spacial score (nSPS) is 25.8. The molecule has 1 atom stereocenters. The summed E-state index contributed by atoms with van der Waals surface area (Å²) < 4.78 is 39.3. The first-order valence-electron chi connectivity index (χ1n) is 6.25. The number of rotatable bonds is 2. The van der Waals surface area contributed by atoms with E-state index in [4.69, 9.17) is 9.47 Å². The zero-order valence-electron chi connectivity index (χ0n) is 11.3. The van der Waals surface area contributed by atoms with Crippen molar-refractivity contribution in [3.8, 4) is 0 Å². The molecule has 2 rings (SSSR count). The summed E-state index contributed by atoms with van der Waals surface area (Å²) in [6.07, 6.45) is -0.614. The highest BCUT2D eigenvalue weighted by Crippen LogP contribution is 2.37. The fraction of sp³-hybridized carbons (Fsp3) is 0.917. The second-order valence-electron chi connectivity index (χ2n) is 6.05. The van der Waals surface area contributed by atoms with Crippen LogP contribution in [0.5, 0.6) is 0 Å². The Morgan fingerprint density at radius 3 is 2.58 bits per heavy atom. The van der Waals surface area contributed by atoms with Gasteiger partial charge in [-0.1, -0.05) is 0 Å². The third-order valence-corrected chi connectivity index (χ3v) is 3.08. The second kappa shape index (κ2) is 4.86. The largest absolute Gasteiger partial charge is 0.444 e. The fourth-order valence-corrected chi connectivity index (χ4v) is 2.36. The van der Waals surface area contributed by atoms with Crippen molar-refractivity contribution in [3.05, 3.63) is 0 Å². The van der Waals surface area contributed by atoms with E-state index in [9.17, 15) is 13.6 Å². The Bertz CT molecular complexity index is 350. The number of hydrogen-bond acceptors (Lipinski definition) is 4. The molecule has 0 unspecified atom stereocenters. The minimum atomic E-state index is -2.79. The Balaban J connectivity index is 1.78. The first-order valence-corrected chi connectivity index (χ1v) is 6.25. The summed E-state index contributed by atoms with van der Waals surface area (Å²) in [5.41, 5.74) is -1.08. The number of likely N-dealkylation sites (tertiary alicyclic amines) is 1. The third kappa shape index (κ3) is 3.54. The quantitative estimate of drug-likeness (QED) is 0.775. The molecule has 110 valence electrons. The first-order chi connectivity index (χ1) is 8.69. The highest BCUT2D eigenvalue weighted by molar-refractivity contribution is 5.69. The molecule has 0 aliphatic carbocycles. The van der Waals surface area contributed by atoms with Gasteiger partial charge in [0.2, 0.25) is 0 Å². The summed E-state index contributed by atoms with van der Waals surface area (Å²) in [4.78, 5) is 13.2. The minimum Gasteiger partial charge on any atom is -0.444 e. The van der Waals surface area contributed by atoms with E-state index in [0.717, 1.165) is 0 Å². The summed E-state index contributed by atoms with van der Waals surface area (Å²) in [5, 5.41) is 0. The molecule has 2 fully saturated rings. The number of alkyl halides is 2. The number of nitrogens with zero attached hydrogens (tertiary/aromatic N) is 1. The van der Waals surface area contributed by atoms with Crippen LogP contribution in [-0.2, 0) is 14.2 Å². The van der Waals surface area contributed by atoms with Crippen LogP contribution in [0.4, 0.5) is 13.6 Å². The van der Waals surface area contributed by atoms with Gasteiger partial charge < -0.3 is 19.1 Å². The number of amides is 1. The maximum absolute atomic E-state index is 12.1. The monoisotopic (exact) mass is 279 g/mol. The summed E-state index contributed by atoms with van der Waals surface area (Å²) in [6, 6.07) is 0. The summed E-state index contributed by atoms with van der Waals surface area (Å²) in [7, 11) is 0. The van der Waals surface area contributed by atoms with Crippen molar-refractivity contribution < 1.29 is 27.8 Å². The molecule has 0 aromatic rings. The molecule has 2 aliphatic rings. The molecule has 0 aromatic heterocycles. The van der Waals surface area contributed by atoms with Gasteiger partial charge in [-0.3, -0.25) is 0 Å². The van der Waals surface area contributed by atoms with Gasteiger partial charge in [0.15, 0.2) is 0 Å². The molecule has 2 saturated heterocycles. The lowest BCUT2D eigenvalue weighted by atomic mass is 9.90. The molecule has 1 amide bonds. The van der Waals surface area contributed by atoms with Crippen LogP contribution in [0.2, 0.25) is 0 Å². The zero-order chi connectivity index (χ0) is 14.3. The molecule has 5 nitrogen and oxygen atoms in total. The molecule has 0 bridgehead atoms. The van der Waals surface area contributed by atoms with Crippen LogP contribution in [0.1, 0.15) is 27.2 Å². The Labute approximate surface area is 110 Å². The van der Waals surface area contributed by atoms with E-state index in [1.807, 2.05) is 0 Å². The average molecular weight is 279 g/mol. The molecule has 0 saturated carbocycles. The summed E-state index contributed by atoms with van der Waals surface area (Å²) >= 11 is 0. The van der Waals surface area contributed by atoms with Crippen LogP contribution in [0.25, 0.3) is 0 Å². The minimum absolute atomic E-state index is 0.145. The van der Waals surface area contributed by atoms with Crippen molar-refractivity contribution in [1.29, 1.82) is 0 Å². The van der Waals surface area contributed by atoms with Gasteiger partial charge >= 0.3 is 12.7 Å². The van der Waals surface area contributed by atoms with E-state index in [2.05, 4.69) is 4.74 Å². The van der Waals surface area contributed by atoms with Crippen LogP contribution >= 0.6 is 0 Å². The summed E-state index contributed by atoms with van der Waals surface area (Å²) in [5.74, 6) is 0. The number of carbonyl (C=O) groups excluding carboxylic acids is 1. The molecule has 0 aromatic carbocycles. The molecule has 1 spiro atoms. The summed E-state index contributed by atoms with van der Waals surface area (Å²) in [6.45, 7) is 3.46. The van der Waals surface area contributed by atoms with Crippen molar-refractivity contribution >= 4 is 6.09 Å². The standard InChI is InChI=1S/C12H19F2NO4/c1-11(2,3)19-10(16)15-6-12(7-15)4-8(5-17-12)18-9(13)14/h8-9H,4-7H2,1-3H3/t8-/m1/s1. The van der Waals surface area contributed by atoms with Gasteiger partial charge in [-0.05, 0) is 20.8 Å². The lowest BCUT2D eigenvalue weighted by molar-refractivity contribution is -0.161. The van der Waals surface area contributed by atoms with Gasteiger partial charge in [-0.15, -0.1) is 0 Å². The molecule has 2 heterocycles. The number of carbonyl (C=O) groups is 1. The molecular weight excluding hydrogens is 260 g/mol. The van der Waals surface area contributed by atoms with E-state index in [-0.39, 0.29) is 6.61 Å². The van der Waals surface area contributed by atoms with E-state index >= 15 is 0 Å². The van der Waals surface area contributed by atoms with E-state index < -0.39 is 30.0 Å². The van der Waals surface area contributed by atoms with Gasteiger partial charge in [0, 0.05) is 6.42 Å². The Kier molecular flexibility index (Phi) is 3.70. The average Bonchev–Trinajstić information content (AvgIpc) is 2.55. The van der Waals surface area contributed by atoms with Gasteiger partial charge in [0.1, 0.15) is 11.2 Å². The van der Waals surface area contributed by atoms with Crippen molar-refractivity contribution in [1.82, 2.24) is 4.90 Å². The predicted octanol–water partition coefficient (Wildman–Crippen LogP) is 2.00. The predicted molar refractivity (Wildman–Crippen MR) is 62.0 cm³/mol. The van der Waals surface area contributed by atoms with Crippen molar-refractivity contribution in [3.63, 3.8) is 0 Å². The van der Waals surface area contributed by atoms with Gasteiger partial charge in [-0.25, -0.2) is 4.79 Å². The lowest BCUT2D eigenvalue weighted by Gasteiger charge is -2.46. The van der Waals surface area contributed by atoms with Crippen LogP contribution in [0.3, 0.4) is 0 Å². The molecule has 19 heavy (non-hydrogen) atoms.